The summed E-state index contributed by atoms with van der Waals surface area (Å²) in [6.45, 7) is 7.51. The lowest BCUT2D eigenvalue weighted by atomic mass is 10.0. The number of methoxy groups -OCH3 is 1. The number of nitrogens with one attached hydrogen (secondary N) is 1. The summed E-state index contributed by atoms with van der Waals surface area (Å²) in [7, 11) is 1.62. The van der Waals surface area contributed by atoms with Gasteiger partial charge in [0.2, 0.25) is 5.91 Å². The van der Waals surface area contributed by atoms with E-state index in [0.29, 0.717) is 37.7 Å². The fourth-order valence-electron chi connectivity index (χ4n) is 3.71. The van der Waals surface area contributed by atoms with Crippen molar-refractivity contribution in [2.24, 2.45) is 0 Å². The van der Waals surface area contributed by atoms with Crippen LogP contribution in [0, 0.1) is 0 Å². The molecule has 172 valence electrons. The smallest absolute Gasteiger partial charge is 0.318 e. The number of carbonyl (C=O) groups excluding carboxylic acids is 2. The Morgan fingerprint density at radius 3 is 2.91 bits per heavy atom. The molecule has 1 atom stereocenters. The van der Waals surface area contributed by atoms with Gasteiger partial charge in [-0.05, 0) is 42.0 Å². The predicted octanol–water partition coefficient (Wildman–Crippen LogP) is 3.87. The number of thiophene rings is 1. The third kappa shape index (κ3) is 5.82. The van der Waals surface area contributed by atoms with Gasteiger partial charge in [0.25, 0.3) is 0 Å². The van der Waals surface area contributed by atoms with Crippen LogP contribution < -0.4 is 14.8 Å². The molecule has 7 nitrogen and oxygen atoms in total. The van der Waals surface area contributed by atoms with Crippen molar-refractivity contribution in [1.82, 2.24) is 15.1 Å². The molecule has 2 heterocycles. The first-order valence-corrected chi connectivity index (χ1v) is 11.7. The van der Waals surface area contributed by atoms with Crippen LogP contribution in [0.25, 0.3) is 0 Å². The number of amides is 3. The molecule has 8 heteroatoms. The first-order chi connectivity index (χ1) is 15.6. The van der Waals surface area contributed by atoms with E-state index in [1.54, 1.807) is 24.5 Å². The minimum atomic E-state index is -0.252. The molecule has 0 radical (unpaired) electrons. The monoisotopic (exact) mass is 457 g/mol. The van der Waals surface area contributed by atoms with Gasteiger partial charge in [0.05, 0.1) is 13.2 Å². The summed E-state index contributed by atoms with van der Waals surface area (Å²) in [6, 6.07) is 9.02. The second kappa shape index (κ2) is 11.6. The van der Waals surface area contributed by atoms with E-state index >= 15 is 0 Å². The van der Waals surface area contributed by atoms with Crippen molar-refractivity contribution >= 4 is 23.3 Å². The molecular formula is C24H31N3O4S. The number of rotatable bonds is 10. The molecule has 0 aliphatic carbocycles. The maximum Gasteiger partial charge on any atom is 0.318 e. The molecule has 1 aromatic heterocycles. The van der Waals surface area contributed by atoms with Gasteiger partial charge in [-0.3, -0.25) is 4.79 Å². The highest BCUT2D eigenvalue weighted by Gasteiger charge is 2.33. The Morgan fingerprint density at radius 1 is 1.34 bits per heavy atom. The summed E-state index contributed by atoms with van der Waals surface area (Å²) >= 11 is 1.71. The van der Waals surface area contributed by atoms with Gasteiger partial charge in [0, 0.05) is 30.6 Å². The minimum absolute atomic E-state index is 0.00328. The lowest BCUT2D eigenvalue weighted by Crippen LogP contribution is -2.50. The number of urea groups is 1. The van der Waals surface area contributed by atoms with E-state index in [4.69, 9.17) is 9.47 Å². The Bertz CT molecular complexity index is 929. The van der Waals surface area contributed by atoms with Crippen LogP contribution in [0.1, 0.15) is 29.8 Å². The maximum atomic E-state index is 13.3. The van der Waals surface area contributed by atoms with Gasteiger partial charge >= 0.3 is 6.03 Å². The average Bonchev–Trinajstić information content (AvgIpc) is 3.29. The molecule has 1 aliphatic heterocycles. The quantitative estimate of drug-likeness (QED) is 0.550. The molecule has 3 amide bonds. The van der Waals surface area contributed by atoms with Gasteiger partial charge in [0.15, 0.2) is 0 Å². The van der Waals surface area contributed by atoms with Gasteiger partial charge in [-0.1, -0.05) is 19.1 Å². The molecule has 0 saturated heterocycles. The molecule has 0 fully saturated rings. The van der Waals surface area contributed by atoms with Crippen LogP contribution in [-0.2, 0) is 11.2 Å². The SMILES string of the molecule is C=CCN(CC(=O)N1CCc2sccc2[C@@H]1COc1cccc(OC)c1)C(=O)NCCC. The third-order valence-electron chi connectivity index (χ3n) is 5.35. The highest BCUT2D eigenvalue weighted by atomic mass is 32.1. The van der Waals surface area contributed by atoms with Crippen LogP contribution in [0.3, 0.4) is 0 Å². The zero-order valence-electron chi connectivity index (χ0n) is 18.7. The number of hydrogen-bond donors (Lipinski definition) is 1. The molecule has 0 unspecified atom stereocenters. The van der Waals surface area contributed by atoms with E-state index < -0.39 is 0 Å². The van der Waals surface area contributed by atoms with Crippen LogP contribution in [0.5, 0.6) is 11.5 Å². The highest BCUT2D eigenvalue weighted by molar-refractivity contribution is 7.10. The maximum absolute atomic E-state index is 13.3. The minimum Gasteiger partial charge on any atom is -0.497 e. The van der Waals surface area contributed by atoms with E-state index in [-0.39, 0.29) is 24.5 Å². The summed E-state index contributed by atoms with van der Waals surface area (Å²) < 4.78 is 11.3. The number of hydrogen-bond acceptors (Lipinski definition) is 5. The van der Waals surface area contributed by atoms with Gasteiger partial charge < -0.3 is 24.6 Å². The Morgan fingerprint density at radius 2 is 2.16 bits per heavy atom. The number of fused-ring (bicyclic) bond motifs is 1. The molecule has 1 aliphatic rings. The van der Waals surface area contributed by atoms with E-state index in [9.17, 15) is 9.59 Å². The van der Waals surface area contributed by atoms with Crippen molar-refractivity contribution < 1.29 is 19.1 Å². The van der Waals surface area contributed by atoms with Crippen LogP contribution in [-0.4, -0.2) is 61.6 Å². The molecule has 0 saturated carbocycles. The fourth-order valence-corrected chi connectivity index (χ4v) is 4.64. The van der Waals surface area contributed by atoms with Crippen molar-refractivity contribution in [1.29, 1.82) is 0 Å². The molecular weight excluding hydrogens is 426 g/mol. The molecule has 32 heavy (non-hydrogen) atoms. The van der Waals surface area contributed by atoms with Gasteiger partial charge in [-0.25, -0.2) is 4.79 Å². The van der Waals surface area contributed by atoms with Gasteiger partial charge in [-0.2, -0.15) is 0 Å². The van der Waals surface area contributed by atoms with Crippen LogP contribution in [0.4, 0.5) is 4.79 Å². The van der Waals surface area contributed by atoms with Crippen LogP contribution in [0.15, 0.2) is 48.4 Å². The normalized spacial score (nSPS) is 14.9. The Balaban J connectivity index is 1.74. The molecule has 3 rings (SSSR count). The second-order valence-electron chi connectivity index (χ2n) is 7.54. The Labute approximate surface area is 193 Å². The topological polar surface area (TPSA) is 71.1 Å². The predicted molar refractivity (Wildman–Crippen MR) is 126 cm³/mol. The summed E-state index contributed by atoms with van der Waals surface area (Å²) in [5, 5.41) is 4.89. The lowest BCUT2D eigenvalue weighted by molar-refractivity contribution is -0.135. The summed E-state index contributed by atoms with van der Waals surface area (Å²) in [6.07, 6.45) is 3.27. The largest absolute Gasteiger partial charge is 0.497 e. The fraction of sp³-hybridized carbons (Fsp3) is 0.417. The van der Waals surface area contributed by atoms with Gasteiger partial charge in [0.1, 0.15) is 24.7 Å². The van der Waals surface area contributed by atoms with Crippen molar-refractivity contribution in [3.63, 3.8) is 0 Å². The number of nitrogens with zero attached hydrogens (tertiary/aromatic N) is 2. The van der Waals surface area contributed by atoms with Crippen molar-refractivity contribution in [2.45, 2.75) is 25.8 Å². The second-order valence-corrected chi connectivity index (χ2v) is 8.54. The van der Waals surface area contributed by atoms with E-state index in [1.807, 2.05) is 36.1 Å². The van der Waals surface area contributed by atoms with Gasteiger partial charge in [-0.15, -0.1) is 17.9 Å². The summed E-state index contributed by atoms with van der Waals surface area (Å²) in [5.74, 6) is 1.30. The van der Waals surface area contributed by atoms with E-state index in [2.05, 4.69) is 23.3 Å². The summed E-state index contributed by atoms with van der Waals surface area (Å²) in [5.41, 5.74) is 1.11. The van der Waals surface area contributed by atoms with Crippen LogP contribution >= 0.6 is 11.3 Å². The molecule has 1 N–H and O–H groups in total. The third-order valence-corrected chi connectivity index (χ3v) is 6.35. The molecule has 1 aromatic carbocycles. The number of ether oxygens (including phenoxy) is 2. The number of carbonyl (C=O) groups is 2. The van der Waals surface area contributed by atoms with Crippen molar-refractivity contribution in [3.8, 4) is 11.5 Å². The molecule has 0 bridgehead atoms. The first-order valence-electron chi connectivity index (χ1n) is 10.8. The first kappa shape index (κ1) is 23.7. The standard InChI is InChI=1S/C24H31N3O4S/c1-4-11-25-24(29)26(12-5-2)16-23(28)27-13-9-22-20(10-14-32-22)21(27)17-31-19-8-6-7-18(15-19)30-3/h5-8,10,14-15,21H,2,4,9,11-13,16-17H2,1,3H3,(H,25,29)/t21-/m0/s1. The van der Waals surface area contributed by atoms with E-state index in [0.717, 1.165) is 18.4 Å². The Kier molecular flexibility index (Phi) is 8.56. The molecule has 2 aromatic rings. The van der Waals surface area contributed by atoms with Crippen molar-refractivity contribution in [2.75, 3.05) is 39.9 Å². The molecule has 0 spiro atoms. The Hall–Kier alpha value is -3.00. The lowest BCUT2D eigenvalue weighted by Gasteiger charge is -2.37. The van der Waals surface area contributed by atoms with E-state index in [1.165, 1.54) is 9.78 Å². The highest BCUT2D eigenvalue weighted by Crippen LogP contribution is 2.34. The average molecular weight is 458 g/mol. The van der Waals surface area contributed by atoms with Crippen molar-refractivity contribution in [3.05, 3.63) is 58.8 Å². The van der Waals surface area contributed by atoms with Crippen LogP contribution in [0.2, 0.25) is 0 Å². The zero-order chi connectivity index (χ0) is 22.9. The summed E-state index contributed by atoms with van der Waals surface area (Å²) in [4.78, 5) is 30.4. The zero-order valence-corrected chi connectivity index (χ0v) is 19.5. The number of benzene rings is 1.